The average molecular weight is 404 g/mol. The molecule has 1 aromatic heterocycles. The highest BCUT2D eigenvalue weighted by Crippen LogP contribution is 2.26. The van der Waals surface area contributed by atoms with Crippen LogP contribution in [0.25, 0.3) is 5.69 Å². The molecule has 28 heavy (non-hydrogen) atoms. The molecule has 0 aliphatic carbocycles. The Bertz CT molecular complexity index is 850. The summed E-state index contributed by atoms with van der Waals surface area (Å²) in [6.45, 7) is 1.84. The van der Waals surface area contributed by atoms with Crippen molar-refractivity contribution in [2.75, 3.05) is 33.1 Å². The summed E-state index contributed by atoms with van der Waals surface area (Å²) >= 11 is 1.34. The lowest BCUT2D eigenvalue weighted by Gasteiger charge is -2.27. The minimum Gasteiger partial charge on any atom is -0.497 e. The number of primary amides is 1. The van der Waals surface area contributed by atoms with Gasteiger partial charge in [-0.3, -0.25) is 9.59 Å². The molecule has 3 rings (SSSR count). The van der Waals surface area contributed by atoms with Crippen molar-refractivity contribution in [1.82, 2.24) is 14.7 Å². The van der Waals surface area contributed by atoms with Crippen molar-refractivity contribution >= 4 is 23.9 Å². The van der Waals surface area contributed by atoms with Crippen LogP contribution in [0.4, 0.5) is 0 Å². The molecule has 0 unspecified atom stereocenters. The van der Waals surface area contributed by atoms with E-state index in [1.54, 1.807) is 36.3 Å². The highest BCUT2D eigenvalue weighted by Gasteiger charge is 2.33. The minimum atomic E-state index is -0.626. The van der Waals surface area contributed by atoms with Gasteiger partial charge in [-0.15, -0.1) is 0 Å². The van der Waals surface area contributed by atoms with Crippen LogP contribution in [0.15, 0.2) is 24.3 Å². The molecule has 2 heterocycles. The molecule has 0 radical (unpaired) electrons. The molecule has 2 aromatic rings. The first kappa shape index (κ1) is 20.2. The number of nitrogens with two attached hydrogens (primary N) is 1. The van der Waals surface area contributed by atoms with Gasteiger partial charge in [0.05, 0.1) is 19.4 Å². The van der Waals surface area contributed by atoms with Gasteiger partial charge in [-0.2, -0.15) is 5.10 Å². The third-order valence-electron chi connectivity index (χ3n) is 4.68. The van der Waals surface area contributed by atoms with Crippen molar-refractivity contribution in [3.8, 4) is 11.4 Å². The van der Waals surface area contributed by atoms with Crippen molar-refractivity contribution in [1.29, 1.82) is 0 Å². The number of amides is 2. The van der Waals surface area contributed by atoms with Gasteiger partial charge in [-0.05, 0) is 55.6 Å². The predicted octanol–water partition coefficient (Wildman–Crippen LogP) is 2.05. The maximum absolute atomic E-state index is 13.1. The maximum Gasteiger partial charge on any atom is 0.272 e. The lowest BCUT2D eigenvalue weighted by Crippen LogP contribution is -2.39. The molecule has 9 heteroatoms. The summed E-state index contributed by atoms with van der Waals surface area (Å²) in [5.74, 6) is -0.0675. The van der Waals surface area contributed by atoms with E-state index in [2.05, 4.69) is 5.10 Å². The van der Waals surface area contributed by atoms with Crippen LogP contribution in [0.1, 0.15) is 39.4 Å². The van der Waals surface area contributed by atoms with Gasteiger partial charge in [0.25, 0.3) is 11.8 Å². The number of carbonyl (C=O) groups is 2. The molecule has 0 saturated heterocycles. The fraction of sp³-hybridized carbons (Fsp3) is 0.421. The molecular formula is C19H24N4O4S. The molecule has 1 aliphatic rings. The van der Waals surface area contributed by atoms with E-state index in [0.29, 0.717) is 48.8 Å². The number of methoxy groups -OCH3 is 1. The van der Waals surface area contributed by atoms with Crippen molar-refractivity contribution in [3.05, 3.63) is 41.2 Å². The van der Waals surface area contributed by atoms with Gasteiger partial charge in [0.2, 0.25) is 0 Å². The second kappa shape index (κ2) is 9.11. The number of unbranched alkanes of at least 4 members (excludes halogenated alkanes) is 1. The van der Waals surface area contributed by atoms with E-state index >= 15 is 0 Å². The van der Waals surface area contributed by atoms with Gasteiger partial charge in [-0.1, -0.05) is 0 Å². The number of rotatable bonds is 9. The number of hydrogen-bond donors (Lipinski definition) is 1. The normalized spacial score (nSPS) is 13.5. The molecule has 1 aromatic carbocycles. The van der Waals surface area contributed by atoms with Crippen LogP contribution in [0.3, 0.4) is 0 Å². The minimum absolute atomic E-state index is 0.136. The van der Waals surface area contributed by atoms with Gasteiger partial charge >= 0.3 is 0 Å². The van der Waals surface area contributed by atoms with E-state index < -0.39 is 5.91 Å². The molecular weight excluding hydrogens is 380 g/mol. The zero-order valence-electron chi connectivity index (χ0n) is 16.0. The van der Waals surface area contributed by atoms with Crippen molar-refractivity contribution < 1.29 is 18.5 Å². The first-order valence-electron chi connectivity index (χ1n) is 9.07. The van der Waals surface area contributed by atoms with Crippen LogP contribution in [-0.2, 0) is 10.6 Å². The number of aromatic nitrogens is 2. The van der Waals surface area contributed by atoms with Crippen molar-refractivity contribution in [3.63, 3.8) is 0 Å². The number of benzene rings is 1. The summed E-state index contributed by atoms with van der Waals surface area (Å²) in [5, 5.41) is 4.35. The van der Waals surface area contributed by atoms with Gasteiger partial charge in [-0.25, -0.2) is 4.68 Å². The number of hydrogen-bond acceptors (Lipinski definition) is 6. The molecule has 0 fully saturated rings. The zero-order valence-corrected chi connectivity index (χ0v) is 16.8. The SMILES string of the molecule is COc1ccc(-n2nc(C(N)=O)c3c2C(=O)N(CCCCOSC)CC3)cc1. The number of carbonyl (C=O) groups excluding carboxylic acids is 2. The fourth-order valence-electron chi connectivity index (χ4n) is 3.27. The molecule has 150 valence electrons. The third-order valence-corrected chi connectivity index (χ3v) is 5.08. The van der Waals surface area contributed by atoms with E-state index in [9.17, 15) is 9.59 Å². The molecule has 0 bridgehead atoms. The first-order chi connectivity index (χ1) is 13.6. The molecule has 2 amide bonds. The van der Waals surface area contributed by atoms with Crippen LogP contribution in [0.2, 0.25) is 0 Å². The lowest BCUT2D eigenvalue weighted by atomic mass is 10.0. The third kappa shape index (κ3) is 4.15. The van der Waals surface area contributed by atoms with Crippen molar-refractivity contribution in [2.45, 2.75) is 19.3 Å². The average Bonchev–Trinajstić information content (AvgIpc) is 3.10. The standard InChI is InChI=1S/C19H24N4O4S/c1-26-14-7-5-13(6-8-14)23-17-15(16(21-23)18(20)24)9-11-22(19(17)25)10-3-4-12-27-28-2/h5-8H,3-4,9-12H2,1-2H3,(H2,20,24). The second-order valence-corrected chi connectivity index (χ2v) is 6.96. The number of fused-ring (bicyclic) bond motifs is 1. The molecule has 8 nitrogen and oxygen atoms in total. The largest absolute Gasteiger partial charge is 0.497 e. The van der Waals surface area contributed by atoms with Crippen LogP contribution in [0, 0.1) is 0 Å². The molecule has 0 saturated carbocycles. The van der Waals surface area contributed by atoms with E-state index in [-0.39, 0.29) is 11.6 Å². The fourth-order valence-corrected chi connectivity index (χ4v) is 3.56. The van der Waals surface area contributed by atoms with E-state index in [1.807, 2.05) is 6.26 Å². The quantitative estimate of drug-likeness (QED) is 0.507. The Kier molecular flexibility index (Phi) is 6.58. The Balaban J connectivity index is 1.87. The highest BCUT2D eigenvalue weighted by atomic mass is 32.2. The Morgan fingerprint density at radius 3 is 2.68 bits per heavy atom. The van der Waals surface area contributed by atoms with Crippen LogP contribution >= 0.6 is 12.0 Å². The highest BCUT2D eigenvalue weighted by molar-refractivity contribution is 7.93. The summed E-state index contributed by atoms with van der Waals surface area (Å²) in [4.78, 5) is 26.8. The van der Waals surface area contributed by atoms with E-state index in [1.165, 1.54) is 16.7 Å². The van der Waals surface area contributed by atoms with E-state index in [0.717, 1.165) is 12.8 Å². The lowest BCUT2D eigenvalue weighted by molar-refractivity contribution is 0.0725. The van der Waals surface area contributed by atoms with Crippen LogP contribution in [-0.4, -0.2) is 59.6 Å². The Hall–Kier alpha value is -2.52. The van der Waals surface area contributed by atoms with Crippen LogP contribution in [0.5, 0.6) is 5.75 Å². The molecule has 1 aliphatic heterocycles. The summed E-state index contributed by atoms with van der Waals surface area (Å²) in [5.41, 5.74) is 7.37. The smallest absolute Gasteiger partial charge is 0.272 e. The first-order valence-corrected chi connectivity index (χ1v) is 10.2. The van der Waals surface area contributed by atoms with Gasteiger partial charge in [0.15, 0.2) is 5.69 Å². The monoisotopic (exact) mass is 404 g/mol. The summed E-state index contributed by atoms with van der Waals surface area (Å²) in [6, 6.07) is 7.15. The Morgan fingerprint density at radius 1 is 1.29 bits per heavy atom. The van der Waals surface area contributed by atoms with Crippen LogP contribution < -0.4 is 10.5 Å². The maximum atomic E-state index is 13.1. The Labute approximate surface area is 168 Å². The van der Waals surface area contributed by atoms with Gasteiger partial charge in [0, 0.05) is 24.9 Å². The summed E-state index contributed by atoms with van der Waals surface area (Å²) < 4.78 is 12.0. The molecule has 0 spiro atoms. The molecule has 2 N–H and O–H groups in total. The zero-order chi connectivity index (χ0) is 20.1. The topological polar surface area (TPSA) is 99.7 Å². The summed E-state index contributed by atoms with van der Waals surface area (Å²) in [6.07, 6.45) is 4.16. The predicted molar refractivity (Wildman–Crippen MR) is 107 cm³/mol. The second-order valence-electron chi connectivity index (χ2n) is 6.39. The van der Waals surface area contributed by atoms with Gasteiger partial charge < -0.3 is 19.6 Å². The van der Waals surface area contributed by atoms with Gasteiger partial charge in [0.1, 0.15) is 11.4 Å². The van der Waals surface area contributed by atoms with Crippen molar-refractivity contribution in [2.24, 2.45) is 5.73 Å². The Morgan fingerprint density at radius 2 is 2.04 bits per heavy atom. The van der Waals surface area contributed by atoms with E-state index in [4.69, 9.17) is 14.7 Å². The number of nitrogens with zero attached hydrogens (tertiary/aromatic N) is 3. The molecule has 0 atom stereocenters. The number of ether oxygens (including phenoxy) is 1. The summed E-state index contributed by atoms with van der Waals surface area (Å²) in [7, 11) is 1.58.